The third-order valence-electron chi connectivity index (χ3n) is 3.78. The zero-order chi connectivity index (χ0) is 10.7. The van der Waals surface area contributed by atoms with Gasteiger partial charge in [-0.2, -0.15) is 0 Å². The Kier molecular flexibility index (Phi) is 4.00. The SMILES string of the molecule is CNCC1CCN(C2CCOC(C)C2)C1. The van der Waals surface area contributed by atoms with Crippen molar-refractivity contribution in [1.29, 1.82) is 0 Å². The summed E-state index contributed by atoms with van der Waals surface area (Å²) in [4.78, 5) is 2.68. The summed E-state index contributed by atoms with van der Waals surface area (Å²) in [6.07, 6.45) is 4.29. The molecule has 1 N–H and O–H groups in total. The summed E-state index contributed by atoms with van der Waals surface area (Å²) in [5.74, 6) is 0.869. The summed E-state index contributed by atoms with van der Waals surface area (Å²) in [5.41, 5.74) is 0. The lowest BCUT2D eigenvalue weighted by molar-refractivity contribution is -0.0129. The molecule has 2 heterocycles. The zero-order valence-corrected chi connectivity index (χ0v) is 10.0. The first kappa shape index (κ1) is 11.4. The molecular weight excluding hydrogens is 188 g/mol. The first-order chi connectivity index (χ1) is 7.29. The molecule has 2 saturated heterocycles. The molecule has 0 radical (unpaired) electrons. The van der Waals surface area contributed by atoms with Gasteiger partial charge in [-0.3, -0.25) is 4.90 Å². The average molecular weight is 212 g/mol. The van der Waals surface area contributed by atoms with Crippen LogP contribution in [0, 0.1) is 5.92 Å². The molecule has 3 heteroatoms. The molecule has 2 fully saturated rings. The van der Waals surface area contributed by atoms with Crippen LogP contribution in [0.15, 0.2) is 0 Å². The van der Waals surface area contributed by atoms with Crippen molar-refractivity contribution in [2.24, 2.45) is 5.92 Å². The Balaban J connectivity index is 1.79. The Morgan fingerprint density at radius 2 is 2.27 bits per heavy atom. The minimum Gasteiger partial charge on any atom is -0.378 e. The smallest absolute Gasteiger partial charge is 0.0561 e. The predicted molar refractivity (Wildman–Crippen MR) is 62.0 cm³/mol. The topological polar surface area (TPSA) is 24.5 Å². The molecule has 0 amide bonds. The third kappa shape index (κ3) is 2.92. The fourth-order valence-electron chi connectivity index (χ4n) is 2.96. The van der Waals surface area contributed by atoms with Gasteiger partial charge in [0.25, 0.3) is 0 Å². The number of rotatable bonds is 3. The van der Waals surface area contributed by atoms with Gasteiger partial charge in [-0.25, -0.2) is 0 Å². The maximum absolute atomic E-state index is 5.60. The summed E-state index contributed by atoms with van der Waals surface area (Å²) < 4.78 is 5.60. The van der Waals surface area contributed by atoms with E-state index in [-0.39, 0.29) is 0 Å². The summed E-state index contributed by atoms with van der Waals surface area (Å²) in [7, 11) is 2.05. The second-order valence-electron chi connectivity index (χ2n) is 5.07. The number of nitrogens with one attached hydrogen (secondary N) is 1. The molecule has 2 aliphatic rings. The van der Waals surface area contributed by atoms with Crippen molar-refractivity contribution in [3.63, 3.8) is 0 Å². The molecule has 0 aliphatic carbocycles. The second kappa shape index (κ2) is 5.28. The van der Waals surface area contributed by atoms with E-state index in [0.29, 0.717) is 6.10 Å². The Hall–Kier alpha value is -0.120. The Morgan fingerprint density at radius 3 is 3.00 bits per heavy atom. The van der Waals surface area contributed by atoms with E-state index in [1.165, 1.54) is 38.9 Å². The van der Waals surface area contributed by atoms with Crippen molar-refractivity contribution < 1.29 is 4.74 Å². The quantitative estimate of drug-likeness (QED) is 0.758. The van der Waals surface area contributed by atoms with Crippen molar-refractivity contribution in [1.82, 2.24) is 10.2 Å². The number of likely N-dealkylation sites (tertiary alicyclic amines) is 1. The molecule has 0 bridgehead atoms. The van der Waals surface area contributed by atoms with Crippen LogP contribution in [0.5, 0.6) is 0 Å². The van der Waals surface area contributed by atoms with Crippen LogP contribution < -0.4 is 5.32 Å². The van der Waals surface area contributed by atoms with Gasteiger partial charge in [-0.15, -0.1) is 0 Å². The van der Waals surface area contributed by atoms with Crippen LogP contribution in [0.2, 0.25) is 0 Å². The molecule has 2 rings (SSSR count). The van der Waals surface area contributed by atoms with Gasteiger partial charge in [-0.1, -0.05) is 0 Å². The first-order valence-electron chi connectivity index (χ1n) is 6.30. The fourth-order valence-corrected chi connectivity index (χ4v) is 2.96. The molecule has 3 nitrogen and oxygen atoms in total. The average Bonchev–Trinajstić information content (AvgIpc) is 2.67. The molecule has 0 spiro atoms. The van der Waals surface area contributed by atoms with Crippen molar-refractivity contribution in [2.45, 2.75) is 38.3 Å². The van der Waals surface area contributed by atoms with E-state index >= 15 is 0 Å². The highest BCUT2D eigenvalue weighted by molar-refractivity contribution is 4.84. The maximum Gasteiger partial charge on any atom is 0.0561 e. The van der Waals surface area contributed by atoms with Gasteiger partial charge in [-0.05, 0) is 52.2 Å². The summed E-state index contributed by atoms with van der Waals surface area (Å²) in [5, 5.41) is 3.29. The van der Waals surface area contributed by atoms with E-state index in [1.807, 2.05) is 0 Å². The molecule has 3 atom stereocenters. The van der Waals surface area contributed by atoms with Crippen molar-refractivity contribution in [3.05, 3.63) is 0 Å². The minimum absolute atomic E-state index is 0.465. The molecule has 0 aromatic rings. The maximum atomic E-state index is 5.60. The molecule has 0 aromatic carbocycles. The molecule has 88 valence electrons. The van der Waals surface area contributed by atoms with Crippen LogP contribution in [0.25, 0.3) is 0 Å². The Labute approximate surface area is 93.2 Å². The van der Waals surface area contributed by atoms with E-state index in [0.717, 1.165) is 18.6 Å². The van der Waals surface area contributed by atoms with Gasteiger partial charge in [0, 0.05) is 19.2 Å². The molecule has 0 aromatic heterocycles. The normalized spacial score (nSPS) is 38.4. The standard InChI is InChI=1S/C12H24N2O/c1-10-7-12(4-6-15-10)14-5-3-11(9-14)8-13-2/h10-13H,3-9H2,1-2H3. The van der Waals surface area contributed by atoms with E-state index < -0.39 is 0 Å². The Bertz CT molecular complexity index is 198. The number of ether oxygens (including phenoxy) is 1. The minimum atomic E-state index is 0.465. The molecular formula is C12H24N2O. The van der Waals surface area contributed by atoms with Gasteiger partial charge in [0.1, 0.15) is 0 Å². The van der Waals surface area contributed by atoms with Crippen LogP contribution in [-0.2, 0) is 4.74 Å². The highest BCUT2D eigenvalue weighted by atomic mass is 16.5. The molecule has 3 unspecified atom stereocenters. The summed E-state index contributed by atoms with van der Waals surface area (Å²) in [6.45, 7) is 6.92. The van der Waals surface area contributed by atoms with Crippen molar-refractivity contribution >= 4 is 0 Å². The molecule has 0 saturated carbocycles. The van der Waals surface area contributed by atoms with Gasteiger partial charge >= 0.3 is 0 Å². The second-order valence-corrected chi connectivity index (χ2v) is 5.07. The van der Waals surface area contributed by atoms with Gasteiger partial charge < -0.3 is 10.1 Å². The number of hydrogen-bond donors (Lipinski definition) is 1. The monoisotopic (exact) mass is 212 g/mol. The van der Waals surface area contributed by atoms with Gasteiger partial charge in [0.05, 0.1) is 6.10 Å². The van der Waals surface area contributed by atoms with Crippen LogP contribution in [-0.4, -0.2) is 50.3 Å². The highest BCUT2D eigenvalue weighted by Crippen LogP contribution is 2.25. The largest absolute Gasteiger partial charge is 0.378 e. The van der Waals surface area contributed by atoms with Crippen molar-refractivity contribution in [2.75, 3.05) is 33.3 Å². The lowest BCUT2D eigenvalue weighted by atomic mass is 10.0. The van der Waals surface area contributed by atoms with Crippen LogP contribution >= 0.6 is 0 Å². The summed E-state index contributed by atoms with van der Waals surface area (Å²) >= 11 is 0. The molecule has 2 aliphatic heterocycles. The van der Waals surface area contributed by atoms with E-state index in [9.17, 15) is 0 Å². The zero-order valence-electron chi connectivity index (χ0n) is 10.0. The lowest BCUT2D eigenvalue weighted by Crippen LogP contribution is -2.40. The van der Waals surface area contributed by atoms with Crippen LogP contribution in [0.4, 0.5) is 0 Å². The van der Waals surface area contributed by atoms with Gasteiger partial charge in [0.2, 0.25) is 0 Å². The fraction of sp³-hybridized carbons (Fsp3) is 1.00. The van der Waals surface area contributed by atoms with E-state index in [1.54, 1.807) is 0 Å². The van der Waals surface area contributed by atoms with E-state index in [2.05, 4.69) is 24.2 Å². The van der Waals surface area contributed by atoms with E-state index in [4.69, 9.17) is 4.74 Å². The van der Waals surface area contributed by atoms with Gasteiger partial charge in [0.15, 0.2) is 0 Å². The van der Waals surface area contributed by atoms with Crippen molar-refractivity contribution in [3.8, 4) is 0 Å². The molecule has 15 heavy (non-hydrogen) atoms. The van der Waals surface area contributed by atoms with Crippen LogP contribution in [0.3, 0.4) is 0 Å². The third-order valence-corrected chi connectivity index (χ3v) is 3.78. The first-order valence-corrected chi connectivity index (χ1v) is 6.30. The predicted octanol–water partition coefficient (Wildman–Crippen LogP) is 1.10. The number of hydrogen-bond acceptors (Lipinski definition) is 3. The highest BCUT2D eigenvalue weighted by Gasteiger charge is 2.30. The number of nitrogens with zero attached hydrogens (tertiary/aromatic N) is 1. The Morgan fingerprint density at radius 1 is 1.40 bits per heavy atom. The van der Waals surface area contributed by atoms with Crippen LogP contribution in [0.1, 0.15) is 26.2 Å². The summed E-state index contributed by atoms with van der Waals surface area (Å²) in [6, 6.07) is 0.788. The lowest BCUT2D eigenvalue weighted by Gasteiger charge is -2.34.